The molecule has 0 heterocycles. The maximum absolute atomic E-state index is 6.03. The molecule has 71 valence electrons. The zero-order valence-electron chi connectivity index (χ0n) is 8.43. The van der Waals surface area contributed by atoms with Gasteiger partial charge in [-0.15, -0.1) is 0 Å². The van der Waals surface area contributed by atoms with Crippen LogP contribution in [0.5, 0.6) is 0 Å². The highest BCUT2D eigenvalue weighted by atomic mass is 14.8. The third kappa shape index (κ3) is 2.46. The first kappa shape index (κ1) is 10.0. The predicted molar refractivity (Wildman–Crippen MR) is 52.5 cm³/mol. The van der Waals surface area contributed by atoms with Crippen LogP contribution < -0.4 is 11.5 Å². The second kappa shape index (κ2) is 3.00. The van der Waals surface area contributed by atoms with Crippen molar-refractivity contribution in [3.05, 3.63) is 6.42 Å². The summed E-state index contributed by atoms with van der Waals surface area (Å²) >= 11 is 0. The second-order valence-corrected chi connectivity index (χ2v) is 5.06. The smallest absolute Gasteiger partial charge is 0.0128 e. The standard InChI is InChI=1S/C10H21N2/c1-9(2,11)8-4-6-10(3,12)7-5-8/h4,8H,5-7,11-12H2,1-3H3. The van der Waals surface area contributed by atoms with Crippen LogP contribution in [0.25, 0.3) is 0 Å². The van der Waals surface area contributed by atoms with E-state index in [9.17, 15) is 0 Å². The average molecular weight is 169 g/mol. The van der Waals surface area contributed by atoms with E-state index in [0.29, 0.717) is 5.92 Å². The first-order valence-electron chi connectivity index (χ1n) is 4.72. The minimum Gasteiger partial charge on any atom is -0.325 e. The number of hydrogen-bond acceptors (Lipinski definition) is 2. The fourth-order valence-electron chi connectivity index (χ4n) is 1.79. The molecule has 2 unspecified atom stereocenters. The summed E-state index contributed by atoms with van der Waals surface area (Å²) in [7, 11) is 0. The molecule has 0 spiro atoms. The Hall–Kier alpha value is -0.0800. The van der Waals surface area contributed by atoms with Gasteiger partial charge < -0.3 is 11.5 Å². The van der Waals surface area contributed by atoms with Crippen LogP contribution in [-0.2, 0) is 0 Å². The van der Waals surface area contributed by atoms with Crippen LogP contribution in [0, 0.1) is 12.3 Å². The Labute approximate surface area is 75.7 Å². The summed E-state index contributed by atoms with van der Waals surface area (Å²) < 4.78 is 0. The lowest BCUT2D eigenvalue weighted by molar-refractivity contribution is 0.242. The Morgan fingerprint density at radius 2 is 2.08 bits per heavy atom. The van der Waals surface area contributed by atoms with Crippen molar-refractivity contribution in [1.29, 1.82) is 0 Å². The Balaban J connectivity index is 2.47. The molecule has 0 aromatic carbocycles. The van der Waals surface area contributed by atoms with E-state index >= 15 is 0 Å². The van der Waals surface area contributed by atoms with Crippen LogP contribution in [0.4, 0.5) is 0 Å². The maximum atomic E-state index is 6.03. The maximum Gasteiger partial charge on any atom is 0.0128 e. The summed E-state index contributed by atoms with van der Waals surface area (Å²) in [4.78, 5) is 0. The van der Waals surface area contributed by atoms with Crippen LogP contribution in [0.1, 0.15) is 40.0 Å². The lowest BCUT2D eigenvalue weighted by Crippen LogP contribution is -2.48. The number of rotatable bonds is 1. The summed E-state index contributed by atoms with van der Waals surface area (Å²) in [5.74, 6) is 0.536. The molecule has 1 aliphatic rings. The molecule has 0 amide bonds. The Morgan fingerprint density at radius 1 is 1.50 bits per heavy atom. The molecule has 1 rings (SSSR count). The number of hydrogen-bond donors (Lipinski definition) is 2. The van der Waals surface area contributed by atoms with Crippen LogP contribution in [0.3, 0.4) is 0 Å². The summed E-state index contributed by atoms with van der Waals surface area (Å²) in [6, 6.07) is 0. The van der Waals surface area contributed by atoms with E-state index < -0.39 is 0 Å². The van der Waals surface area contributed by atoms with Gasteiger partial charge in [-0.1, -0.05) is 0 Å². The molecule has 2 heteroatoms. The quantitative estimate of drug-likeness (QED) is 0.624. The van der Waals surface area contributed by atoms with E-state index in [2.05, 4.69) is 27.2 Å². The van der Waals surface area contributed by atoms with Gasteiger partial charge in [0, 0.05) is 11.1 Å². The fraction of sp³-hybridized carbons (Fsp3) is 0.900. The van der Waals surface area contributed by atoms with Crippen molar-refractivity contribution >= 4 is 0 Å². The third-order valence-corrected chi connectivity index (χ3v) is 2.85. The van der Waals surface area contributed by atoms with Gasteiger partial charge in [-0.2, -0.15) is 0 Å². The summed E-state index contributed by atoms with van der Waals surface area (Å²) in [6.45, 7) is 6.30. The number of nitrogens with two attached hydrogens (primary N) is 2. The molecule has 0 bridgehead atoms. The van der Waals surface area contributed by atoms with E-state index in [1.165, 1.54) is 0 Å². The second-order valence-electron chi connectivity index (χ2n) is 5.06. The van der Waals surface area contributed by atoms with Crippen molar-refractivity contribution in [2.24, 2.45) is 17.4 Å². The minimum absolute atomic E-state index is 0.0156. The molecule has 0 aromatic heterocycles. The lowest BCUT2D eigenvalue weighted by Gasteiger charge is -2.39. The molecule has 0 aromatic rings. The topological polar surface area (TPSA) is 52.0 Å². The SMILES string of the molecule is CC1(N)C[CH]C(C(C)(C)N)CC1. The molecule has 2 nitrogen and oxygen atoms in total. The monoisotopic (exact) mass is 169 g/mol. The average Bonchev–Trinajstić information content (AvgIpc) is 1.83. The molecule has 0 aliphatic heterocycles. The van der Waals surface area contributed by atoms with Gasteiger partial charge in [0.05, 0.1) is 0 Å². The van der Waals surface area contributed by atoms with Gasteiger partial charge in [0.25, 0.3) is 0 Å². The first-order valence-corrected chi connectivity index (χ1v) is 4.72. The van der Waals surface area contributed by atoms with Crippen molar-refractivity contribution in [3.8, 4) is 0 Å². The lowest BCUT2D eigenvalue weighted by atomic mass is 9.71. The van der Waals surface area contributed by atoms with Gasteiger partial charge in [0.15, 0.2) is 0 Å². The van der Waals surface area contributed by atoms with Gasteiger partial charge in [0.1, 0.15) is 0 Å². The molecule has 4 N–H and O–H groups in total. The van der Waals surface area contributed by atoms with Crippen LogP contribution >= 0.6 is 0 Å². The third-order valence-electron chi connectivity index (χ3n) is 2.85. The molecule has 1 saturated carbocycles. The van der Waals surface area contributed by atoms with Crippen LogP contribution in [0.15, 0.2) is 0 Å². The molecule has 1 aliphatic carbocycles. The molecule has 0 saturated heterocycles. The van der Waals surface area contributed by atoms with Crippen LogP contribution in [-0.4, -0.2) is 11.1 Å². The van der Waals surface area contributed by atoms with Gasteiger partial charge in [-0.3, -0.25) is 0 Å². The molecule has 1 fully saturated rings. The first-order chi connectivity index (χ1) is 5.31. The normalized spacial score (nSPS) is 38.2. The molecule has 12 heavy (non-hydrogen) atoms. The van der Waals surface area contributed by atoms with Gasteiger partial charge in [0.2, 0.25) is 0 Å². The van der Waals surface area contributed by atoms with E-state index in [4.69, 9.17) is 11.5 Å². The predicted octanol–water partition coefficient (Wildman–Crippen LogP) is 1.45. The van der Waals surface area contributed by atoms with Gasteiger partial charge >= 0.3 is 0 Å². The Bertz CT molecular complexity index is 146. The molecular weight excluding hydrogens is 148 g/mol. The molecule has 2 atom stereocenters. The van der Waals surface area contributed by atoms with E-state index in [1.54, 1.807) is 0 Å². The van der Waals surface area contributed by atoms with Gasteiger partial charge in [-0.05, 0) is 52.4 Å². The summed E-state index contributed by atoms with van der Waals surface area (Å²) in [5.41, 5.74) is 12.0. The van der Waals surface area contributed by atoms with E-state index in [1.807, 2.05) is 0 Å². The largest absolute Gasteiger partial charge is 0.325 e. The highest BCUT2D eigenvalue weighted by Gasteiger charge is 2.33. The van der Waals surface area contributed by atoms with Crippen LogP contribution in [0.2, 0.25) is 0 Å². The molecule has 1 radical (unpaired) electrons. The van der Waals surface area contributed by atoms with Crippen molar-refractivity contribution < 1.29 is 0 Å². The minimum atomic E-state index is -0.0729. The molecular formula is C10H21N2. The van der Waals surface area contributed by atoms with Crippen molar-refractivity contribution in [2.45, 2.75) is 51.1 Å². The van der Waals surface area contributed by atoms with E-state index in [0.717, 1.165) is 19.3 Å². The van der Waals surface area contributed by atoms with Crippen molar-refractivity contribution in [3.63, 3.8) is 0 Å². The van der Waals surface area contributed by atoms with Crippen molar-refractivity contribution in [1.82, 2.24) is 0 Å². The zero-order chi connectivity index (χ0) is 9.41. The highest BCUT2D eigenvalue weighted by molar-refractivity contribution is 5.01. The Morgan fingerprint density at radius 3 is 2.42 bits per heavy atom. The summed E-state index contributed by atoms with van der Waals surface area (Å²) in [6.07, 6.45) is 5.52. The summed E-state index contributed by atoms with van der Waals surface area (Å²) in [5, 5.41) is 0. The Kier molecular flexibility index (Phi) is 2.50. The van der Waals surface area contributed by atoms with Crippen molar-refractivity contribution in [2.75, 3.05) is 0 Å². The highest BCUT2D eigenvalue weighted by Crippen LogP contribution is 2.34. The zero-order valence-corrected chi connectivity index (χ0v) is 8.43. The van der Waals surface area contributed by atoms with Gasteiger partial charge in [-0.25, -0.2) is 0 Å². The van der Waals surface area contributed by atoms with E-state index in [-0.39, 0.29) is 11.1 Å². The fourth-order valence-corrected chi connectivity index (χ4v) is 1.79.